The minimum Gasteiger partial charge on any atom is -0.380 e. The summed E-state index contributed by atoms with van der Waals surface area (Å²) in [6, 6.07) is 9.33. The standard InChI is InChI=1S/C15H24N2O/c1-3-5-14-11-17(9-8-16-14)15-7-4-6-13(10-15)12-18-2/h4,6-7,10,14,16H,3,5,8-9,11-12H2,1-2H3. The van der Waals surface area contributed by atoms with Crippen molar-refractivity contribution in [2.75, 3.05) is 31.6 Å². The van der Waals surface area contributed by atoms with Crippen molar-refractivity contribution in [2.45, 2.75) is 32.4 Å². The Morgan fingerprint density at radius 2 is 2.33 bits per heavy atom. The SMILES string of the molecule is CCCC1CN(c2cccc(COC)c2)CCN1. The minimum absolute atomic E-state index is 0.634. The summed E-state index contributed by atoms with van der Waals surface area (Å²) in [5.74, 6) is 0. The molecule has 0 aromatic heterocycles. The summed E-state index contributed by atoms with van der Waals surface area (Å²) in [6.45, 7) is 6.23. The molecule has 1 aromatic rings. The summed E-state index contributed by atoms with van der Waals surface area (Å²) in [5.41, 5.74) is 2.58. The van der Waals surface area contributed by atoms with Crippen molar-refractivity contribution in [3.63, 3.8) is 0 Å². The highest BCUT2D eigenvalue weighted by molar-refractivity contribution is 5.49. The smallest absolute Gasteiger partial charge is 0.0713 e. The molecule has 1 heterocycles. The monoisotopic (exact) mass is 248 g/mol. The molecule has 0 amide bonds. The normalized spacial score (nSPS) is 20.1. The second-order valence-corrected chi connectivity index (χ2v) is 4.99. The maximum absolute atomic E-state index is 5.20. The number of rotatable bonds is 5. The Hall–Kier alpha value is -1.06. The molecular weight excluding hydrogens is 224 g/mol. The van der Waals surface area contributed by atoms with Crippen molar-refractivity contribution in [3.8, 4) is 0 Å². The van der Waals surface area contributed by atoms with Crippen LogP contribution in [0.25, 0.3) is 0 Å². The highest BCUT2D eigenvalue weighted by Gasteiger charge is 2.18. The zero-order valence-corrected chi connectivity index (χ0v) is 11.5. The number of methoxy groups -OCH3 is 1. The van der Waals surface area contributed by atoms with E-state index in [1.807, 2.05) is 0 Å². The van der Waals surface area contributed by atoms with Gasteiger partial charge in [0.2, 0.25) is 0 Å². The van der Waals surface area contributed by atoms with Gasteiger partial charge in [0.05, 0.1) is 6.61 Å². The highest BCUT2D eigenvalue weighted by Crippen LogP contribution is 2.19. The van der Waals surface area contributed by atoms with Crippen LogP contribution in [0.5, 0.6) is 0 Å². The van der Waals surface area contributed by atoms with Crippen LogP contribution < -0.4 is 10.2 Å². The first-order chi connectivity index (χ1) is 8.83. The van der Waals surface area contributed by atoms with Crippen LogP contribution in [0.15, 0.2) is 24.3 Å². The van der Waals surface area contributed by atoms with E-state index >= 15 is 0 Å². The van der Waals surface area contributed by atoms with Gasteiger partial charge >= 0.3 is 0 Å². The fraction of sp³-hybridized carbons (Fsp3) is 0.600. The first-order valence-corrected chi connectivity index (χ1v) is 6.89. The summed E-state index contributed by atoms with van der Waals surface area (Å²) >= 11 is 0. The van der Waals surface area contributed by atoms with Crippen LogP contribution in [0.1, 0.15) is 25.3 Å². The molecule has 2 rings (SSSR count). The van der Waals surface area contributed by atoms with E-state index in [-0.39, 0.29) is 0 Å². The van der Waals surface area contributed by atoms with Crippen molar-refractivity contribution in [2.24, 2.45) is 0 Å². The largest absolute Gasteiger partial charge is 0.380 e. The Kier molecular flexibility index (Phi) is 5.02. The molecule has 0 bridgehead atoms. The van der Waals surface area contributed by atoms with Gasteiger partial charge in [-0.25, -0.2) is 0 Å². The van der Waals surface area contributed by atoms with E-state index in [2.05, 4.69) is 41.4 Å². The molecule has 0 spiro atoms. The van der Waals surface area contributed by atoms with E-state index in [4.69, 9.17) is 4.74 Å². The number of piperazine rings is 1. The minimum atomic E-state index is 0.634. The second kappa shape index (κ2) is 6.76. The molecule has 1 unspecified atom stereocenters. The number of nitrogens with one attached hydrogen (secondary N) is 1. The van der Waals surface area contributed by atoms with Crippen LogP contribution in [0.3, 0.4) is 0 Å². The fourth-order valence-electron chi connectivity index (χ4n) is 2.61. The molecule has 1 atom stereocenters. The quantitative estimate of drug-likeness (QED) is 0.866. The van der Waals surface area contributed by atoms with Gasteiger partial charge < -0.3 is 15.0 Å². The van der Waals surface area contributed by atoms with Crippen LogP contribution in [-0.2, 0) is 11.3 Å². The predicted molar refractivity (Wildman–Crippen MR) is 76.1 cm³/mol. The van der Waals surface area contributed by atoms with Crippen LogP contribution in [0.2, 0.25) is 0 Å². The number of benzene rings is 1. The van der Waals surface area contributed by atoms with Gasteiger partial charge in [0.1, 0.15) is 0 Å². The van der Waals surface area contributed by atoms with Crippen molar-refractivity contribution < 1.29 is 4.74 Å². The Morgan fingerprint density at radius 1 is 1.44 bits per heavy atom. The lowest BCUT2D eigenvalue weighted by molar-refractivity contribution is 0.185. The summed E-state index contributed by atoms with van der Waals surface area (Å²) in [4.78, 5) is 2.48. The van der Waals surface area contributed by atoms with Crippen LogP contribution in [0.4, 0.5) is 5.69 Å². The Bertz CT molecular complexity index is 365. The van der Waals surface area contributed by atoms with Gasteiger partial charge in [0.25, 0.3) is 0 Å². The zero-order chi connectivity index (χ0) is 12.8. The second-order valence-electron chi connectivity index (χ2n) is 4.99. The molecule has 18 heavy (non-hydrogen) atoms. The molecule has 0 radical (unpaired) electrons. The number of hydrogen-bond acceptors (Lipinski definition) is 3. The van der Waals surface area contributed by atoms with Gasteiger partial charge in [-0.3, -0.25) is 0 Å². The molecular formula is C15H24N2O. The van der Waals surface area contributed by atoms with E-state index in [0.29, 0.717) is 12.6 Å². The highest BCUT2D eigenvalue weighted by atomic mass is 16.5. The lowest BCUT2D eigenvalue weighted by atomic mass is 10.1. The number of hydrogen-bond donors (Lipinski definition) is 1. The molecule has 0 saturated carbocycles. The van der Waals surface area contributed by atoms with Gasteiger partial charge in [-0.2, -0.15) is 0 Å². The zero-order valence-electron chi connectivity index (χ0n) is 11.5. The Balaban J connectivity index is 2.03. The Morgan fingerprint density at radius 3 is 3.11 bits per heavy atom. The van der Waals surface area contributed by atoms with E-state index < -0.39 is 0 Å². The molecule has 1 aliphatic heterocycles. The summed E-state index contributed by atoms with van der Waals surface area (Å²) < 4.78 is 5.20. The average molecular weight is 248 g/mol. The van der Waals surface area contributed by atoms with E-state index in [1.165, 1.54) is 24.1 Å². The van der Waals surface area contributed by atoms with Gasteiger partial charge in [0, 0.05) is 38.5 Å². The average Bonchev–Trinajstić information content (AvgIpc) is 2.40. The first kappa shape index (κ1) is 13.4. The third-order valence-electron chi connectivity index (χ3n) is 3.48. The maximum Gasteiger partial charge on any atom is 0.0713 e. The predicted octanol–water partition coefficient (Wildman–Crippen LogP) is 2.41. The van der Waals surface area contributed by atoms with Crippen molar-refractivity contribution >= 4 is 5.69 Å². The van der Waals surface area contributed by atoms with Crippen molar-refractivity contribution in [1.29, 1.82) is 0 Å². The molecule has 100 valence electrons. The lowest BCUT2D eigenvalue weighted by Crippen LogP contribution is -2.50. The van der Waals surface area contributed by atoms with E-state index in [1.54, 1.807) is 7.11 Å². The van der Waals surface area contributed by atoms with E-state index in [0.717, 1.165) is 19.6 Å². The molecule has 3 heteroatoms. The van der Waals surface area contributed by atoms with E-state index in [9.17, 15) is 0 Å². The number of anilines is 1. The van der Waals surface area contributed by atoms with Crippen LogP contribution in [-0.4, -0.2) is 32.8 Å². The molecule has 1 fully saturated rings. The molecule has 3 nitrogen and oxygen atoms in total. The molecule has 1 saturated heterocycles. The molecule has 1 aliphatic rings. The number of nitrogens with zero attached hydrogens (tertiary/aromatic N) is 1. The van der Waals surface area contributed by atoms with Gasteiger partial charge in [-0.05, 0) is 24.1 Å². The van der Waals surface area contributed by atoms with Gasteiger partial charge in [0.15, 0.2) is 0 Å². The van der Waals surface area contributed by atoms with Gasteiger partial charge in [-0.15, -0.1) is 0 Å². The third-order valence-corrected chi connectivity index (χ3v) is 3.48. The summed E-state index contributed by atoms with van der Waals surface area (Å²) in [7, 11) is 1.74. The molecule has 0 aliphatic carbocycles. The van der Waals surface area contributed by atoms with Crippen LogP contribution in [0, 0.1) is 0 Å². The molecule has 1 aromatic carbocycles. The fourth-order valence-corrected chi connectivity index (χ4v) is 2.61. The summed E-state index contributed by atoms with van der Waals surface area (Å²) in [6.07, 6.45) is 2.50. The topological polar surface area (TPSA) is 24.5 Å². The van der Waals surface area contributed by atoms with Crippen molar-refractivity contribution in [3.05, 3.63) is 29.8 Å². The third kappa shape index (κ3) is 3.47. The number of ether oxygens (including phenoxy) is 1. The maximum atomic E-state index is 5.20. The van der Waals surface area contributed by atoms with Crippen LogP contribution >= 0.6 is 0 Å². The van der Waals surface area contributed by atoms with Crippen molar-refractivity contribution in [1.82, 2.24) is 5.32 Å². The Labute approximate surface area is 110 Å². The first-order valence-electron chi connectivity index (χ1n) is 6.89. The molecule has 1 N–H and O–H groups in total. The lowest BCUT2D eigenvalue weighted by Gasteiger charge is -2.35. The van der Waals surface area contributed by atoms with Gasteiger partial charge in [-0.1, -0.05) is 25.5 Å². The summed E-state index contributed by atoms with van der Waals surface area (Å²) in [5, 5.41) is 3.59.